The van der Waals surface area contributed by atoms with E-state index in [0.717, 1.165) is 4.88 Å². The predicted octanol–water partition coefficient (Wildman–Crippen LogP) is 6.33. The quantitative estimate of drug-likeness (QED) is 0.137. The zero-order valence-electron chi connectivity index (χ0n) is 24.4. The summed E-state index contributed by atoms with van der Waals surface area (Å²) >= 11 is 1.37. The topological polar surface area (TPSA) is 131 Å². The number of nitrogens with one attached hydrogen (secondary N) is 2. The first-order valence-electron chi connectivity index (χ1n) is 13.9. The van der Waals surface area contributed by atoms with Crippen LogP contribution < -0.4 is 15.4 Å². The number of hydrogen-bond donors (Lipinski definition) is 3. The number of methoxy groups -OCH3 is 1. The smallest absolute Gasteiger partial charge is 0.407 e. The van der Waals surface area contributed by atoms with E-state index in [4.69, 9.17) is 9.47 Å². The van der Waals surface area contributed by atoms with Gasteiger partial charge >= 0.3 is 6.09 Å². The first kappa shape index (κ1) is 31.3. The highest BCUT2D eigenvalue weighted by atomic mass is 32.1. The standard InChI is InChI=1S/C31H30F2N6O5S/c1-38-20(18-39(31(41)42)13-14-43-2)17-36-30(38)27-16-24-29(45-27)26(9-11-35-24)44-25-8-7-19(15-22(25)33)34-12-10-28(40)37-23-6-4-3-5-21(23)32/h3-9,11,15-17,34H,10,12-14,18H2,1-2H3,(H,37,40)(H,41,42). The largest absolute Gasteiger partial charge is 0.465 e. The van der Waals surface area contributed by atoms with Crippen molar-refractivity contribution >= 4 is 44.9 Å². The molecule has 0 saturated heterocycles. The van der Waals surface area contributed by atoms with E-state index >= 15 is 4.39 Å². The molecule has 2 amide bonds. The van der Waals surface area contributed by atoms with Gasteiger partial charge in [-0.25, -0.2) is 18.6 Å². The molecule has 3 heterocycles. The van der Waals surface area contributed by atoms with Crippen LogP contribution in [0.3, 0.4) is 0 Å². The summed E-state index contributed by atoms with van der Waals surface area (Å²) in [4.78, 5) is 34.8. The lowest BCUT2D eigenvalue weighted by atomic mass is 10.2. The van der Waals surface area contributed by atoms with Gasteiger partial charge in [0.15, 0.2) is 11.6 Å². The minimum Gasteiger partial charge on any atom is -0.465 e. The van der Waals surface area contributed by atoms with Crippen LogP contribution in [0.5, 0.6) is 11.5 Å². The van der Waals surface area contributed by atoms with Crippen LogP contribution in [0.15, 0.2) is 67.0 Å². The molecule has 0 aliphatic rings. The average molecular weight is 637 g/mol. The van der Waals surface area contributed by atoms with Gasteiger partial charge in [0.1, 0.15) is 17.4 Å². The van der Waals surface area contributed by atoms with E-state index in [-0.39, 0.29) is 50.0 Å². The van der Waals surface area contributed by atoms with Gasteiger partial charge in [-0.05, 0) is 30.3 Å². The molecule has 5 rings (SSSR count). The molecule has 0 unspecified atom stereocenters. The average Bonchev–Trinajstić information content (AvgIpc) is 3.61. The molecule has 0 aliphatic heterocycles. The van der Waals surface area contributed by atoms with Gasteiger partial charge in [0.05, 0.1) is 45.8 Å². The van der Waals surface area contributed by atoms with Gasteiger partial charge in [-0.15, -0.1) is 11.3 Å². The van der Waals surface area contributed by atoms with Crippen molar-refractivity contribution in [2.75, 3.05) is 37.4 Å². The molecule has 2 aromatic carbocycles. The fourth-order valence-electron chi connectivity index (χ4n) is 4.47. The number of carbonyl (C=O) groups is 2. The lowest BCUT2D eigenvalue weighted by Crippen LogP contribution is -2.32. The summed E-state index contributed by atoms with van der Waals surface area (Å²) < 4.78 is 42.3. The highest BCUT2D eigenvalue weighted by molar-refractivity contribution is 7.22. The van der Waals surface area contributed by atoms with Gasteiger partial charge in [-0.1, -0.05) is 12.1 Å². The molecule has 45 heavy (non-hydrogen) atoms. The van der Waals surface area contributed by atoms with Crippen LogP contribution in [0.2, 0.25) is 0 Å². The van der Waals surface area contributed by atoms with Gasteiger partial charge in [-0.2, -0.15) is 0 Å². The molecule has 0 spiro atoms. The van der Waals surface area contributed by atoms with Gasteiger partial charge in [-0.3, -0.25) is 9.78 Å². The number of amides is 2. The van der Waals surface area contributed by atoms with Crippen LogP contribution in [0.4, 0.5) is 25.0 Å². The SMILES string of the molecule is COCCN(Cc1cnc(-c2cc3nccc(Oc4ccc(NCCC(=O)Nc5ccccc5F)cc4F)c3s2)n1C)C(=O)O. The molecule has 14 heteroatoms. The van der Waals surface area contributed by atoms with Gasteiger partial charge in [0.2, 0.25) is 5.91 Å². The van der Waals surface area contributed by atoms with Crippen molar-refractivity contribution in [3.63, 3.8) is 0 Å². The van der Waals surface area contributed by atoms with Crippen molar-refractivity contribution in [2.24, 2.45) is 7.05 Å². The third-order valence-corrected chi connectivity index (χ3v) is 7.98. The van der Waals surface area contributed by atoms with Crippen LogP contribution >= 0.6 is 11.3 Å². The minimum absolute atomic E-state index is 0.00407. The van der Waals surface area contributed by atoms with Gasteiger partial charge < -0.3 is 34.7 Å². The van der Waals surface area contributed by atoms with Crippen molar-refractivity contribution in [3.8, 4) is 22.2 Å². The minimum atomic E-state index is -1.05. The highest BCUT2D eigenvalue weighted by Crippen LogP contribution is 2.39. The van der Waals surface area contributed by atoms with E-state index in [0.29, 0.717) is 33.2 Å². The Labute approximate surface area is 261 Å². The predicted molar refractivity (Wildman–Crippen MR) is 167 cm³/mol. The number of benzene rings is 2. The zero-order chi connectivity index (χ0) is 31.9. The number of hydrogen-bond acceptors (Lipinski definition) is 8. The Morgan fingerprint density at radius 2 is 1.89 bits per heavy atom. The second-order valence-corrected chi connectivity index (χ2v) is 11.0. The molecular formula is C31H30F2N6O5S. The second-order valence-electron chi connectivity index (χ2n) is 9.92. The maximum Gasteiger partial charge on any atom is 0.407 e. The summed E-state index contributed by atoms with van der Waals surface area (Å²) in [5.74, 6) is -0.471. The van der Waals surface area contributed by atoms with Crippen LogP contribution in [-0.2, 0) is 23.1 Å². The number of carboxylic acid groups (broad SMARTS) is 1. The second kappa shape index (κ2) is 14.1. The molecule has 0 saturated carbocycles. The van der Waals surface area contributed by atoms with Gasteiger partial charge in [0.25, 0.3) is 0 Å². The molecule has 0 aliphatic carbocycles. The number of para-hydroxylation sites is 1. The summed E-state index contributed by atoms with van der Waals surface area (Å²) in [6, 6.07) is 13.8. The summed E-state index contributed by atoms with van der Waals surface area (Å²) in [5, 5.41) is 15.0. The molecule has 5 aromatic rings. The first-order chi connectivity index (χ1) is 21.7. The number of imidazole rings is 1. The van der Waals surface area contributed by atoms with Crippen molar-refractivity contribution in [3.05, 3.63) is 84.3 Å². The fraction of sp³-hybridized carbons (Fsp3) is 0.226. The molecule has 0 radical (unpaired) electrons. The molecule has 0 atom stereocenters. The normalized spacial score (nSPS) is 11.0. The zero-order valence-corrected chi connectivity index (χ0v) is 25.2. The first-order valence-corrected chi connectivity index (χ1v) is 14.7. The number of fused-ring (bicyclic) bond motifs is 1. The van der Waals surface area contributed by atoms with Crippen molar-refractivity contribution in [2.45, 2.75) is 13.0 Å². The Hall–Kier alpha value is -5.08. The Morgan fingerprint density at radius 1 is 1.07 bits per heavy atom. The number of pyridine rings is 1. The van der Waals surface area contributed by atoms with Crippen molar-refractivity contribution in [1.29, 1.82) is 0 Å². The number of carbonyl (C=O) groups excluding carboxylic acids is 1. The lowest BCUT2D eigenvalue weighted by Gasteiger charge is -2.18. The van der Waals surface area contributed by atoms with E-state index in [2.05, 4.69) is 20.6 Å². The molecule has 234 valence electrons. The number of nitrogens with zero attached hydrogens (tertiary/aromatic N) is 4. The molecule has 0 fully saturated rings. The Kier molecular flexibility index (Phi) is 9.85. The molecule has 11 nitrogen and oxygen atoms in total. The van der Waals surface area contributed by atoms with Crippen molar-refractivity contribution < 1.29 is 33.0 Å². The van der Waals surface area contributed by atoms with E-state index < -0.39 is 17.7 Å². The highest BCUT2D eigenvalue weighted by Gasteiger charge is 2.19. The summed E-state index contributed by atoms with van der Waals surface area (Å²) in [7, 11) is 3.32. The number of rotatable bonds is 13. The number of ether oxygens (including phenoxy) is 2. The monoisotopic (exact) mass is 636 g/mol. The summed E-state index contributed by atoms with van der Waals surface area (Å²) in [6.45, 7) is 0.852. The van der Waals surface area contributed by atoms with E-state index in [9.17, 15) is 19.1 Å². The summed E-state index contributed by atoms with van der Waals surface area (Å²) in [5.41, 5.74) is 1.89. The molecular weight excluding hydrogens is 606 g/mol. The van der Waals surface area contributed by atoms with Gasteiger partial charge in [0, 0.05) is 57.7 Å². The molecule has 0 bridgehead atoms. The number of thiophene rings is 1. The van der Waals surface area contributed by atoms with E-state index in [1.54, 1.807) is 30.6 Å². The number of halogens is 2. The Morgan fingerprint density at radius 3 is 2.64 bits per heavy atom. The maximum atomic E-state index is 15.1. The van der Waals surface area contributed by atoms with Crippen LogP contribution in [0.25, 0.3) is 20.9 Å². The van der Waals surface area contributed by atoms with Crippen LogP contribution in [-0.4, -0.2) is 63.3 Å². The Bertz CT molecular complexity index is 1830. The van der Waals surface area contributed by atoms with Crippen molar-refractivity contribution in [1.82, 2.24) is 19.4 Å². The molecule has 3 aromatic heterocycles. The number of aromatic nitrogens is 3. The lowest BCUT2D eigenvalue weighted by molar-refractivity contribution is -0.116. The van der Waals surface area contributed by atoms with Crippen LogP contribution in [0, 0.1) is 11.6 Å². The molecule has 3 N–H and O–H groups in total. The summed E-state index contributed by atoms with van der Waals surface area (Å²) in [6.07, 6.45) is 2.20. The van der Waals surface area contributed by atoms with E-state index in [1.807, 2.05) is 17.7 Å². The van der Waals surface area contributed by atoms with Crippen LogP contribution in [0.1, 0.15) is 12.1 Å². The number of anilines is 2. The fourth-order valence-corrected chi connectivity index (χ4v) is 5.57. The van der Waals surface area contributed by atoms with E-state index in [1.165, 1.54) is 53.7 Å². The maximum absolute atomic E-state index is 15.1. The third-order valence-electron chi connectivity index (χ3n) is 6.85. The third kappa shape index (κ3) is 7.53. The Balaban J connectivity index is 1.25.